The standard InChI is InChI=1S/C29H37.2C7H13.C5H5.2ClH.H2Si.Zr/c1-18-25-22-17-19-13-9-10-14-20(19)24(22)21-15-11-12-16-23(21)29(25,8)28(6,7)27(4,5)26(18,2)3;2*1-2-4-6-7-5-3-1;1-2-4-5-3-1;;;;/h9-11,13-15,23H,12,16-17H2,1-8H3;2*1H,2-7H2;1-3H,4H2;2*1H;1H2;. The van der Waals surface area contributed by atoms with E-state index in [9.17, 15) is 0 Å². The number of hydrogen-bond acceptors (Lipinski definition) is 0. The van der Waals surface area contributed by atoms with Crippen LogP contribution in [0.15, 0.2) is 74.6 Å². The second kappa shape index (κ2) is 13.9. The average Bonchev–Trinajstić information content (AvgIpc) is 3.57. The predicted molar refractivity (Wildman–Crippen MR) is 232 cm³/mol. The van der Waals surface area contributed by atoms with Gasteiger partial charge in [0.1, 0.15) is 0 Å². The Morgan fingerprint density at radius 2 is 1.25 bits per heavy atom. The van der Waals surface area contributed by atoms with Gasteiger partial charge in [-0.2, -0.15) is 0 Å². The van der Waals surface area contributed by atoms with E-state index in [0.29, 0.717) is 5.92 Å². The topological polar surface area (TPSA) is 0 Å². The summed E-state index contributed by atoms with van der Waals surface area (Å²) in [5.74, 6) is 0.576. The van der Waals surface area contributed by atoms with Gasteiger partial charge < -0.3 is 0 Å². The van der Waals surface area contributed by atoms with Crippen molar-refractivity contribution in [2.45, 2.75) is 168 Å². The van der Waals surface area contributed by atoms with E-state index in [-0.39, 0.29) is 49.6 Å². The fraction of sp³-hybridized carbons (Fsp3) is 0.667. The Kier molecular flexibility index (Phi) is 11.0. The molecule has 52 heavy (non-hydrogen) atoms. The monoisotopic (exact) mass is 836 g/mol. The molecule has 1 aromatic rings. The first-order valence-corrected chi connectivity index (χ1v) is 32.5. The molecule has 3 unspecified atom stereocenters. The molecule has 286 valence electrons. The van der Waals surface area contributed by atoms with Crippen LogP contribution in [0, 0.1) is 27.6 Å². The molecule has 1 aromatic carbocycles. The van der Waals surface area contributed by atoms with Gasteiger partial charge in [0.15, 0.2) is 0 Å². The van der Waals surface area contributed by atoms with Crippen LogP contribution in [-0.4, -0.2) is 6.88 Å². The van der Waals surface area contributed by atoms with E-state index < -0.39 is 17.4 Å². The molecule has 0 aromatic heterocycles. The normalized spacial score (nSPS) is 32.7. The molecule has 0 N–H and O–H groups in total. The Morgan fingerprint density at radius 1 is 0.673 bits per heavy atom. The van der Waals surface area contributed by atoms with Gasteiger partial charge in [0, 0.05) is 0 Å². The molecule has 7 aliphatic carbocycles. The van der Waals surface area contributed by atoms with Crippen molar-refractivity contribution in [2.24, 2.45) is 27.6 Å². The van der Waals surface area contributed by atoms with Crippen molar-refractivity contribution in [3.8, 4) is 0 Å². The van der Waals surface area contributed by atoms with Gasteiger partial charge >= 0.3 is 312 Å². The molecular weight excluding hydrogens is 767 g/mol. The molecule has 3 atom stereocenters. The van der Waals surface area contributed by atoms with Crippen molar-refractivity contribution in [1.82, 2.24) is 0 Å². The summed E-state index contributed by atoms with van der Waals surface area (Å²) < 4.78 is 4.03. The van der Waals surface area contributed by atoms with Crippen LogP contribution in [-0.2, 0) is 23.8 Å². The summed E-state index contributed by atoms with van der Waals surface area (Å²) in [6.07, 6.45) is 35.7. The van der Waals surface area contributed by atoms with Crippen molar-refractivity contribution in [3.63, 3.8) is 0 Å². The predicted octanol–water partition coefficient (Wildman–Crippen LogP) is 14.8. The van der Waals surface area contributed by atoms with E-state index in [4.69, 9.17) is 0 Å². The number of rotatable bonds is 4. The van der Waals surface area contributed by atoms with Crippen molar-refractivity contribution in [2.75, 3.05) is 0 Å². The van der Waals surface area contributed by atoms with Crippen molar-refractivity contribution < 1.29 is 17.4 Å². The third kappa shape index (κ3) is 4.78. The molecule has 3 saturated carbocycles. The summed E-state index contributed by atoms with van der Waals surface area (Å²) >= 11 is -4.32. The zero-order valence-electron chi connectivity index (χ0n) is 34.3. The first kappa shape index (κ1) is 41.2. The van der Waals surface area contributed by atoms with Crippen LogP contribution in [0.4, 0.5) is 0 Å². The van der Waals surface area contributed by atoms with Crippen LogP contribution in [0.5, 0.6) is 0 Å². The van der Waals surface area contributed by atoms with E-state index in [0.717, 1.165) is 13.7 Å². The van der Waals surface area contributed by atoms with E-state index in [1.165, 1.54) is 96.3 Å². The molecule has 0 radical (unpaired) electrons. The maximum atomic E-state index is 3.06. The maximum absolute atomic E-state index is 4.32. The molecule has 3 fully saturated rings. The summed E-state index contributed by atoms with van der Waals surface area (Å²) in [4.78, 5) is 0. The minimum atomic E-state index is -4.32. The molecule has 0 amide bonds. The van der Waals surface area contributed by atoms with Gasteiger partial charge in [-0.25, -0.2) is 0 Å². The van der Waals surface area contributed by atoms with Gasteiger partial charge in [-0.15, -0.1) is 24.8 Å². The number of benzene rings is 1. The van der Waals surface area contributed by atoms with E-state index >= 15 is 0 Å². The number of halogens is 2. The Hall–Kier alpha value is -0.400. The average molecular weight is 839 g/mol. The van der Waals surface area contributed by atoms with Crippen molar-refractivity contribution >= 4 is 37.3 Å². The summed E-state index contributed by atoms with van der Waals surface area (Å²) in [7, 11) is 0. The Bertz CT molecular complexity index is 1770. The summed E-state index contributed by atoms with van der Waals surface area (Å²) in [6.45, 7) is 25.6. The number of hydrogen-bond donors (Lipinski definition) is 0. The van der Waals surface area contributed by atoms with Crippen molar-refractivity contribution in [1.29, 1.82) is 0 Å². The molecule has 8 rings (SSSR count). The third-order valence-electron chi connectivity index (χ3n) is 19.5. The number of fused-ring (bicyclic) bond motifs is 6. The minimum Gasteiger partial charge on any atom is -0.147 e. The van der Waals surface area contributed by atoms with Gasteiger partial charge in [-0.1, -0.05) is 0 Å². The van der Waals surface area contributed by atoms with Gasteiger partial charge in [-0.3, -0.25) is 0 Å². The second-order valence-electron chi connectivity index (χ2n) is 20.6. The van der Waals surface area contributed by atoms with Gasteiger partial charge in [0.25, 0.3) is 0 Å². The van der Waals surface area contributed by atoms with Crippen molar-refractivity contribution in [3.05, 3.63) is 85.8 Å². The first-order valence-electron chi connectivity index (χ1n) is 21.3. The fourth-order valence-corrected chi connectivity index (χ4v) is 53.6. The largest absolute Gasteiger partial charge is 0.147 e. The van der Waals surface area contributed by atoms with Crippen LogP contribution in [0.1, 0.15) is 163 Å². The Morgan fingerprint density at radius 3 is 1.81 bits per heavy atom. The quantitative estimate of drug-likeness (QED) is 0.209. The SMILES string of the molecule is CC12C(=C3Cc4ccccc4C3=C3C=CCCC31)[C](C)([Zr](=[SiH2])([C]1=CC=CC1)([CH]1CCCCCC1)[CH]1CCCCCC1)C(C)(C)C(C)(C)C2(C)C.Cl.Cl. The van der Waals surface area contributed by atoms with Crippen LogP contribution in [0.25, 0.3) is 5.57 Å². The molecule has 0 aliphatic heterocycles. The van der Waals surface area contributed by atoms with Crippen LogP contribution >= 0.6 is 24.8 Å². The minimum absolute atomic E-state index is 0. The maximum Gasteiger partial charge on any atom is -0.147 e. The first-order chi connectivity index (χ1) is 23.7. The van der Waals surface area contributed by atoms with Crippen LogP contribution < -0.4 is 0 Å². The van der Waals surface area contributed by atoms with Crippen LogP contribution in [0.2, 0.25) is 10.4 Å². The Balaban J connectivity index is 0.00000232. The zero-order chi connectivity index (χ0) is 35.4. The van der Waals surface area contributed by atoms with E-state index in [1.807, 2.05) is 14.4 Å². The Labute approximate surface area is 334 Å². The van der Waals surface area contributed by atoms with Gasteiger partial charge in [0.05, 0.1) is 0 Å². The molecule has 0 nitrogen and oxygen atoms in total. The van der Waals surface area contributed by atoms with Gasteiger partial charge in [0.2, 0.25) is 0 Å². The zero-order valence-corrected chi connectivity index (χ0v) is 39.8. The summed E-state index contributed by atoms with van der Waals surface area (Å²) in [5, 5.41) is 0. The molecule has 0 bridgehead atoms. The smallest absolute Gasteiger partial charge is 0.147 e. The van der Waals surface area contributed by atoms with E-state index in [2.05, 4.69) is 117 Å². The molecule has 4 heteroatoms. The van der Waals surface area contributed by atoms with E-state index in [1.54, 1.807) is 22.3 Å². The van der Waals surface area contributed by atoms with Crippen LogP contribution in [0.3, 0.4) is 0 Å². The molecule has 7 aliphatic rings. The molecule has 0 saturated heterocycles. The summed E-state index contributed by atoms with van der Waals surface area (Å²) in [5.41, 5.74) is 10.9. The fourth-order valence-electron chi connectivity index (χ4n) is 15.7. The molecule has 0 heterocycles. The second-order valence-corrected chi connectivity index (χ2v) is 45.7. The third-order valence-corrected chi connectivity index (χ3v) is 57.8. The molecule has 0 spiro atoms. The van der Waals surface area contributed by atoms with Gasteiger partial charge in [-0.05, 0) is 0 Å². The molecular formula is C48H72Cl2SiZr. The summed E-state index contributed by atoms with van der Waals surface area (Å²) in [6, 6.07) is 9.67. The number of allylic oxidation sites excluding steroid dienone is 10.